The fraction of sp³-hybridized carbons (Fsp3) is 0.778. The lowest BCUT2D eigenvalue weighted by atomic mass is 9.96. The van der Waals surface area contributed by atoms with Gasteiger partial charge in [0.2, 0.25) is 0 Å². The molecule has 0 saturated carbocycles. The standard InChI is InChI=1S/C9H16O/c1-5-9(4,10)7-6-8(2)3/h1,8,10H,6-7H2,2-4H3. The molecule has 10 heavy (non-hydrogen) atoms. The Morgan fingerprint density at radius 3 is 2.40 bits per heavy atom. The number of hydrogen-bond donors (Lipinski definition) is 1. The van der Waals surface area contributed by atoms with Gasteiger partial charge < -0.3 is 5.11 Å². The van der Waals surface area contributed by atoms with E-state index in [0.29, 0.717) is 12.3 Å². The monoisotopic (exact) mass is 140 g/mol. The first-order chi connectivity index (χ1) is 4.48. The van der Waals surface area contributed by atoms with E-state index in [1.165, 1.54) is 0 Å². The quantitative estimate of drug-likeness (QED) is 0.593. The Labute approximate surface area is 63.5 Å². The Morgan fingerprint density at radius 1 is 1.60 bits per heavy atom. The molecule has 58 valence electrons. The fourth-order valence-corrected chi connectivity index (χ4v) is 0.642. The minimum absolute atomic E-state index is 0.611. The normalized spacial score (nSPS) is 16.4. The van der Waals surface area contributed by atoms with Crippen molar-refractivity contribution in [3.8, 4) is 12.3 Å². The topological polar surface area (TPSA) is 20.2 Å². The highest BCUT2D eigenvalue weighted by Gasteiger charge is 2.15. The number of hydrogen-bond acceptors (Lipinski definition) is 1. The van der Waals surface area contributed by atoms with Gasteiger partial charge in [-0.3, -0.25) is 0 Å². The Hall–Kier alpha value is -0.480. The molecule has 1 atom stereocenters. The molecular formula is C9H16O. The number of terminal acetylenes is 1. The van der Waals surface area contributed by atoms with Crippen LogP contribution in [0.4, 0.5) is 0 Å². The fourth-order valence-electron chi connectivity index (χ4n) is 0.642. The summed E-state index contributed by atoms with van der Waals surface area (Å²) in [5.41, 5.74) is -0.899. The molecule has 0 bridgehead atoms. The van der Waals surface area contributed by atoms with Crippen LogP contribution in [0.25, 0.3) is 0 Å². The molecule has 0 amide bonds. The average Bonchev–Trinajstić information content (AvgIpc) is 1.85. The van der Waals surface area contributed by atoms with E-state index in [9.17, 15) is 5.11 Å². The molecule has 1 nitrogen and oxygen atoms in total. The summed E-state index contributed by atoms with van der Waals surface area (Å²) < 4.78 is 0. The van der Waals surface area contributed by atoms with E-state index in [0.717, 1.165) is 6.42 Å². The van der Waals surface area contributed by atoms with Crippen molar-refractivity contribution in [2.24, 2.45) is 5.92 Å². The van der Waals surface area contributed by atoms with E-state index >= 15 is 0 Å². The van der Waals surface area contributed by atoms with E-state index in [1.807, 2.05) is 0 Å². The maximum atomic E-state index is 9.34. The molecule has 1 unspecified atom stereocenters. The second kappa shape index (κ2) is 3.63. The lowest BCUT2D eigenvalue weighted by Gasteiger charge is -2.16. The summed E-state index contributed by atoms with van der Waals surface area (Å²) in [5.74, 6) is 2.96. The largest absolute Gasteiger partial charge is 0.378 e. The molecule has 1 heteroatoms. The maximum absolute atomic E-state index is 9.34. The summed E-state index contributed by atoms with van der Waals surface area (Å²) in [6.45, 7) is 5.91. The van der Waals surface area contributed by atoms with Crippen LogP contribution in [0.3, 0.4) is 0 Å². The Bertz CT molecular complexity index is 128. The minimum Gasteiger partial charge on any atom is -0.378 e. The molecule has 0 rings (SSSR count). The molecule has 0 aromatic heterocycles. The molecule has 0 aromatic rings. The summed E-state index contributed by atoms with van der Waals surface area (Å²) in [6.07, 6.45) is 6.77. The number of rotatable bonds is 3. The highest BCUT2D eigenvalue weighted by molar-refractivity contribution is 5.03. The first-order valence-electron chi connectivity index (χ1n) is 3.68. The van der Waals surface area contributed by atoms with E-state index in [2.05, 4.69) is 19.8 Å². The summed E-state index contributed by atoms with van der Waals surface area (Å²) >= 11 is 0. The van der Waals surface area contributed by atoms with Crippen molar-refractivity contribution in [3.05, 3.63) is 0 Å². The summed E-state index contributed by atoms with van der Waals surface area (Å²) in [4.78, 5) is 0. The third-order valence-corrected chi connectivity index (χ3v) is 1.52. The van der Waals surface area contributed by atoms with Crippen LogP contribution in [-0.2, 0) is 0 Å². The van der Waals surface area contributed by atoms with Crippen LogP contribution in [0.1, 0.15) is 33.6 Å². The van der Waals surface area contributed by atoms with E-state index < -0.39 is 5.60 Å². The molecule has 0 radical (unpaired) electrons. The summed E-state index contributed by atoms with van der Waals surface area (Å²) in [6, 6.07) is 0. The molecule has 0 spiro atoms. The van der Waals surface area contributed by atoms with Gasteiger partial charge in [0, 0.05) is 0 Å². The minimum atomic E-state index is -0.899. The van der Waals surface area contributed by atoms with Crippen LogP contribution in [0.5, 0.6) is 0 Å². The van der Waals surface area contributed by atoms with Gasteiger partial charge in [-0.1, -0.05) is 19.8 Å². The van der Waals surface area contributed by atoms with Crippen molar-refractivity contribution >= 4 is 0 Å². The summed E-state index contributed by atoms with van der Waals surface area (Å²) in [7, 11) is 0. The average molecular weight is 140 g/mol. The predicted octanol–water partition coefficient (Wildman–Crippen LogP) is 1.81. The SMILES string of the molecule is C#CC(C)(O)CCC(C)C. The lowest BCUT2D eigenvalue weighted by Crippen LogP contribution is -2.21. The van der Waals surface area contributed by atoms with Crippen molar-refractivity contribution in [3.63, 3.8) is 0 Å². The molecule has 0 aliphatic carbocycles. The van der Waals surface area contributed by atoms with Gasteiger partial charge in [-0.15, -0.1) is 6.42 Å². The third-order valence-electron chi connectivity index (χ3n) is 1.52. The van der Waals surface area contributed by atoms with E-state index in [1.54, 1.807) is 6.92 Å². The van der Waals surface area contributed by atoms with Crippen LogP contribution in [0.15, 0.2) is 0 Å². The van der Waals surface area contributed by atoms with Crippen molar-refractivity contribution in [1.82, 2.24) is 0 Å². The van der Waals surface area contributed by atoms with Gasteiger partial charge in [-0.05, 0) is 25.7 Å². The molecule has 1 N–H and O–H groups in total. The first kappa shape index (κ1) is 9.52. The predicted molar refractivity (Wildman–Crippen MR) is 43.5 cm³/mol. The van der Waals surface area contributed by atoms with E-state index in [4.69, 9.17) is 6.42 Å². The van der Waals surface area contributed by atoms with Crippen molar-refractivity contribution in [2.75, 3.05) is 0 Å². The van der Waals surface area contributed by atoms with Crippen LogP contribution >= 0.6 is 0 Å². The smallest absolute Gasteiger partial charge is 0.122 e. The van der Waals surface area contributed by atoms with Gasteiger partial charge >= 0.3 is 0 Å². The van der Waals surface area contributed by atoms with Crippen LogP contribution in [0.2, 0.25) is 0 Å². The number of aliphatic hydroxyl groups is 1. The zero-order chi connectivity index (χ0) is 8.20. The molecule has 0 aliphatic heterocycles. The van der Waals surface area contributed by atoms with Crippen molar-refractivity contribution in [2.45, 2.75) is 39.2 Å². The summed E-state index contributed by atoms with van der Waals surface area (Å²) in [5, 5.41) is 9.34. The highest BCUT2D eigenvalue weighted by atomic mass is 16.3. The van der Waals surface area contributed by atoms with Gasteiger partial charge in [-0.25, -0.2) is 0 Å². The van der Waals surface area contributed by atoms with Crippen molar-refractivity contribution < 1.29 is 5.11 Å². The molecular weight excluding hydrogens is 124 g/mol. The zero-order valence-electron chi connectivity index (χ0n) is 7.02. The zero-order valence-corrected chi connectivity index (χ0v) is 7.02. The van der Waals surface area contributed by atoms with Crippen molar-refractivity contribution in [1.29, 1.82) is 0 Å². The molecule has 0 aromatic carbocycles. The Morgan fingerprint density at radius 2 is 2.10 bits per heavy atom. The first-order valence-corrected chi connectivity index (χ1v) is 3.68. The van der Waals surface area contributed by atoms with Crippen LogP contribution in [-0.4, -0.2) is 10.7 Å². The molecule has 0 aliphatic rings. The maximum Gasteiger partial charge on any atom is 0.122 e. The van der Waals surface area contributed by atoms with E-state index in [-0.39, 0.29) is 0 Å². The van der Waals surface area contributed by atoms with Gasteiger partial charge in [0.15, 0.2) is 0 Å². The van der Waals surface area contributed by atoms with Gasteiger partial charge in [0.05, 0.1) is 0 Å². The third kappa shape index (κ3) is 4.40. The van der Waals surface area contributed by atoms with Gasteiger partial charge in [-0.2, -0.15) is 0 Å². The lowest BCUT2D eigenvalue weighted by molar-refractivity contribution is 0.105. The Kier molecular flexibility index (Phi) is 3.46. The molecule has 0 saturated heterocycles. The Balaban J connectivity index is 3.60. The molecule has 0 heterocycles. The second-order valence-corrected chi connectivity index (χ2v) is 3.35. The van der Waals surface area contributed by atoms with Crippen LogP contribution in [0, 0.1) is 18.3 Å². The van der Waals surface area contributed by atoms with Gasteiger partial charge in [0.25, 0.3) is 0 Å². The highest BCUT2D eigenvalue weighted by Crippen LogP contribution is 2.14. The molecule has 0 fully saturated rings. The van der Waals surface area contributed by atoms with Gasteiger partial charge in [0.1, 0.15) is 5.60 Å². The van der Waals surface area contributed by atoms with Crippen LogP contribution < -0.4 is 0 Å². The second-order valence-electron chi connectivity index (χ2n) is 3.35.